The van der Waals surface area contributed by atoms with Crippen molar-refractivity contribution in [2.75, 3.05) is 31.5 Å². The van der Waals surface area contributed by atoms with Crippen LogP contribution in [0, 0.1) is 26.7 Å². The van der Waals surface area contributed by atoms with Crippen LogP contribution in [0.5, 0.6) is 5.75 Å². The summed E-state index contributed by atoms with van der Waals surface area (Å²) in [6.07, 6.45) is -0.814. The van der Waals surface area contributed by atoms with Crippen molar-refractivity contribution in [2.45, 2.75) is 63.0 Å². The highest BCUT2D eigenvalue weighted by atomic mass is 32.2. The van der Waals surface area contributed by atoms with Crippen LogP contribution in [0.2, 0.25) is 0 Å². The predicted molar refractivity (Wildman–Crippen MR) is 160 cm³/mol. The van der Waals surface area contributed by atoms with Crippen LogP contribution in [0.1, 0.15) is 36.4 Å². The number of aryl methyl sites for hydroxylation is 3. The number of aliphatic hydroxyl groups excluding tert-OH is 1. The van der Waals surface area contributed by atoms with Gasteiger partial charge in [-0.1, -0.05) is 29.8 Å². The first-order valence-corrected chi connectivity index (χ1v) is 16.7. The fraction of sp³-hybridized carbons (Fsp3) is 0.448. The van der Waals surface area contributed by atoms with Gasteiger partial charge in [0, 0.05) is 30.8 Å². The van der Waals surface area contributed by atoms with Crippen LogP contribution >= 0.6 is 0 Å². The zero-order chi connectivity index (χ0) is 31.7. The Kier molecular flexibility index (Phi) is 9.54. The normalized spacial score (nSPS) is 18.8. The highest BCUT2D eigenvalue weighted by molar-refractivity contribution is 7.92. The topological polar surface area (TPSA) is 159 Å². The molecule has 3 atom stereocenters. The number of benzene rings is 2. The number of sulfonamides is 2. The Morgan fingerprint density at radius 3 is 2.40 bits per heavy atom. The van der Waals surface area contributed by atoms with E-state index in [0.717, 1.165) is 5.56 Å². The van der Waals surface area contributed by atoms with Gasteiger partial charge in [-0.05, 0) is 58.0 Å². The number of anilines is 1. The summed E-state index contributed by atoms with van der Waals surface area (Å²) in [4.78, 5) is 15.1. The van der Waals surface area contributed by atoms with Crippen molar-refractivity contribution >= 4 is 31.6 Å². The van der Waals surface area contributed by atoms with Crippen LogP contribution in [-0.2, 0) is 31.3 Å². The first kappa shape index (κ1) is 32.5. The summed E-state index contributed by atoms with van der Waals surface area (Å²) in [5.74, 6) is -0.158. The monoisotopic (exact) mass is 634 g/mol. The van der Waals surface area contributed by atoms with Gasteiger partial charge >= 0.3 is 0 Å². The number of aromatic nitrogens is 1. The highest BCUT2D eigenvalue weighted by Gasteiger charge is 2.34. The van der Waals surface area contributed by atoms with Crippen LogP contribution in [0.15, 0.2) is 56.8 Å². The Bertz CT molecular complexity index is 1670. The van der Waals surface area contributed by atoms with E-state index in [-0.39, 0.29) is 64.9 Å². The first-order valence-electron chi connectivity index (χ1n) is 13.8. The van der Waals surface area contributed by atoms with Crippen molar-refractivity contribution in [2.24, 2.45) is 5.92 Å². The molecule has 0 saturated carbocycles. The number of amides is 1. The number of ether oxygens (including phenoxy) is 1. The summed E-state index contributed by atoms with van der Waals surface area (Å²) in [6.45, 7) is 8.40. The second kappa shape index (κ2) is 12.6. The summed E-state index contributed by atoms with van der Waals surface area (Å²) in [5, 5.41) is 13.6. The van der Waals surface area contributed by atoms with E-state index in [4.69, 9.17) is 9.26 Å². The average Bonchev–Trinajstić information content (AvgIpc) is 3.31. The Morgan fingerprint density at radius 2 is 1.79 bits per heavy atom. The molecule has 3 aromatic rings. The molecule has 1 amide bonds. The molecule has 2 heterocycles. The van der Waals surface area contributed by atoms with Crippen molar-refractivity contribution in [1.82, 2.24) is 14.4 Å². The van der Waals surface area contributed by atoms with Crippen molar-refractivity contribution < 1.29 is 36.0 Å². The van der Waals surface area contributed by atoms with E-state index >= 15 is 0 Å². The molecule has 43 heavy (non-hydrogen) atoms. The molecule has 2 N–H and O–H groups in total. The molecule has 1 aromatic heterocycles. The molecular formula is C29H38N4O8S2. The van der Waals surface area contributed by atoms with E-state index in [0.29, 0.717) is 11.3 Å². The lowest BCUT2D eigenvalue weighted by Gasteiger charge is -2.33. The zero-order valence-corrected chi connectivity index (χ0v) is 26.7. The number of likely N-dealkylation sites (N-methyl/N-ethyl adjacent to an activating group) is 1. The molecule has 12 nitrogen and oxygen atoms in total. The van der Waals surface area contributed by atoms with Crippen LogP contribution in [-0.4, -0.2) is 81.1 Å². The van der Waals surface area contributed by atoms with Crippen LogP contribution < -0.4 is 9.46 Å². The van der Waals surface area contributed by atoms with Gasteiger partial charge in [-0.15, -0.1) is 0 Å². The number of hydrogen-bond donors (Lipinski definition) is 2. The number of nitrogens with one attached hydrogen (secondary N) is 1. The van der Waals surface area contributed by atoms with Crippen molar-refractivity contribution in [1.29, 1.82) is 0 Å². The molecule has 0 fully saturated rings. The van der Waals surface area contributed by atoms with E-state index in [1.807, 2.05) is 13.8 Å². The number of carbonyl (C=O) groups is 1. The van der Waals surface area contributed by atoms with Gasteiger partial charge in [0.2, 0.25) is 15.9 Å². The second-order valence-electron chi connectivity index (χ2n) is 11.1. The molecule has 0 unspecified atom stereocenters. The lowest BCUT2D eigenvalue weighted by molar-refractivity contribution is -0.134. The van der Waals surface area contributed by atoms with Gasteiger partial charge in [-0.2, -0.15) is 4.31 Å². The number of rotatable bonds is 9. The minimum atomic E-state index is -4.05. The van der Waals surface area contributed by atoms with Crippen LogP contribution in [0.4, 0.5) is 5.69 Å². The van der Waals surface area contributed by atoms with E-state index < -0.39 is 32.2 Å². The lowest BCUT2D eigenvalue weighted by Crippen LogP contribution is -2.48. The van der Waals surface area contributed by atoms with Gasteiger partial charge in [0.15, 0.2) is 10.7 Å². The standard InChI is InChI=1S/C29H38N4O8S2/c1-18-7-10-25(11-8-18)43(38,39)32(6)16-27-19(2)15-33(20(3)17-34)28(35)14-23-13-24(9-12-26(23)40-27)31-42(36,37)29-21(4)30-41-22(29)5/h7-13,19-20,27,31,34H,14-17H2,1-6H3/t19-,20+,27+/m1/s1. The van der Waals surface area contributed by atoms with Crippen LogP contribution in [0.25, 0.3) is 0 Å². The van der Waals surface area contributed by atoms with E-state index in [1.54, 1.807) is 42.2 Å². The fourth-order valence-electron chi connectivity index (χ4n) is 5.02. The minimum Gasteiger partial charge on any atom is -0.488 e. The number of fused-ring (bicyclic) bond motifs is 1. The summed E-state index contributed by atoms with van der Waals surface area (Å²) >= 11 is 0. The number of hydrogen-bond acceptors (Lipinski definition) is 9. The summed E-state index contributed by atoms with van der Waals surface area (Å²) in [5.41, 5.74) is 1.74. The van der Waals surface area contributed by atoms with Gasteiger partial charge in [0.05, 0.1) is 30.5 Å². The lowest BCUT2D eigenvalue weighted by atomic mass is 10.0. The van der Waals surface area contributed by atoms with Crippen molar-refractivity contribution in [3.63, 3.8) is 0 Å². The number of carbonyl (C=O) groups excluding carboxylic acids is 1. The van der Waals surface area contributed by atoms with Gasteiger partial charge < -0.3 is 19.3 Å². The van der Waals surface area contributed by atoms with E-state index in [9.17, 15) is 26.7 Å². The second-order valence-corrected chi connectivity index (χ2v) is 14.7. The molecule has 1 aliphatic rings. The molecule has 234 valence electrons. The third-order valence-corrected chi connectivity index (χ3v) is 11.0. The zero-order valence-electron chi connectivity index (χ0n) is 25.1. The number of aliphatic hydroxyl groups is 1. The SMILES string of the molecule is Cc1ccc(S(=O)(=O)N(C)C[C@@H]2Oc3ccc(NS(=O)(=O)c4c(C)noc4C)cc3CC(=O)N([C@@H](C)CO)C[C@H]2C)cc1. The Morgan fingerprint density at radius 1 is 1.12 bits per heavy atom. The predicted octanol–water partition coefficient (Wildman–Crippen LogP) is 2.87. The Hall–Kier alpha value is -3.46. The first-order chi connectivity index (χ1) is 20.1. The fourth-order valence-corrected chi connectivity index (χ4v) is 7.58. The summed E-state index contributed by atoms with van der Waals surface area (Å²) in [7, 11) is -6.42. The Balaban J connectivity index is 1.69. The maximum absolute atomic E-state index is 13.5. The van der Waals surface area contributed by atoms with Gasteiger partial charge in [-0.25, -0.2) is 16.8 Å². The number of nitrogens with zero attached hydrogens (tertiary/aromatic N) is 3. The smallest absolute Gasteiger partial charge is 0.267 e. The van der Waals surface area contributed by atoms with Crippen molar-refractivity contribution in [3.8, 4) is 5.75 Å². The van der Waals surface area contributed by atoms with Gasteiger partial charge in [0.25, 0.3) is 10.0 Å². The molecule has 0 saturated heterocycles. The van der Waals surface area contributed by atoms with Crippen molar-refractivity contribution in [3.05, 3.63) is 65.0 Å². The summed E-state index contributed by atoms with van der Waals surface area (Å²) in [6, 6.07) is 10.7. The molecule has 0 aliphatic carbocycles. The quantitative estimate of drug-likeness (QED) is 0.361. The molecule has 0 radical (unpaired) electrons. The molecule has 0 spiro atoms. The third-order valence-electron chi connectivity index (χ3n) is 7.57. The molecule has 0 bridgehead atoms. The molecule has 2 aromatic carbocycles. The Labute approximate surface area is 252 Å². The maximum Gasteiger partial charge on any atom is 0.267 e. The molecular weight excluding hydrogens is 596 g/mol. The van der Waals surface area contributed by atoms with Gasteiger partial charge in [-0.3, -0.25) is 9.52 Å². The van der Waals surface area contributed by atoms with Crippen LogP contribution in [0.3, 0.4) is 0 Å². The van der Waals surface area contributed by atoms with E-state index in [1.165, 1.54) is 37.3 Å². The summed E-state index contributed by atoms with van der Waals surface area (Å²) < 4.78 is 68.2. The molecule has 4 rings (SSSR count). The van der Waals surface area contributed by atoms with E-state index in [2.05, 4.69) is 9.88 Å². The third kappa shape index (κ3) is 7.03. The largest absolute Gasteiger partial charge is 0.488 e. The molecule has 1 aliphatic heterocycles. The highest BCUT2D eigenvalue weighted by Crippen LogP contribution is 2.31. The average molecular weight is 635 g/mol. The minimum absolute atomic E-state index is 0.0211. The maximum atomic E-state index is 13.5. The molecule has 14 heteroatoms. The van der Waals surface area contributed by atoms with Gasteiger partial charge in [0.1, 0.15) is 17.5 Å².